The lowest BCUT2D eigenvalue weighted by atomic mass is 9.95. The molecule has 0 amide bonds. The first-order valence-electron chi connectivity index (χ1n) is 7.66. The first-order chi connectivity index (χ1) is 11.6. The molecule has 8 heteroatoms. The van der Waals surface area contributed by atoms with Crippen molar-refractivity contribution in [3.8, 4) is 11.1 Å². The van der Waals surface area contributed by atoms with E-state index in [1.165, 1.54) is 6.07 Å². The summed E-state index contributed by atoms with van der Waals surface area (Å²) in [5, 5.41) is 24.5. The van der Waals surface area contributed by atoms with Gasteiger partial charge in [0, 0.05) is 37.5 Å². The molecule has 1 N–H and O–H groups in total. The van der Waals surface area contributed by atoms with E-state index in [1.807, 2.05) is 6.20 Å². The molecule has 8 nitrogen and oxygen atoms in total. The Labute approximate surface area is 138 Å². The van der Waals surface area contributed by atoms with E-state index in [9.17, 15) is 14.9 Å². The maximum Gasteiger partial charge on any atom is 0.274 e. The summed E-state index contributed by atoms with van der Waals surface area (Å²) in [6, 6.07) is 2.56. The third-order valence-corrected chi connectivity index (χ3v) is 4.33. The summed E-state index contributed by atoms with van der Waals surface area (Å²) in [5.41, 5.74) is 2.94. The van der Waals surface area contributed by atoms with Crippen molar-refractivity contribution >= 4 is 12.0 Å². The molecule has 0 bridgehead atoms. The summed E-state index contributed by atoms with van der Waals surface area (Å²) in [7, 11) is 1.78. The van der Waals surface area contributed by atoms with Crippen LogP contribution in [-0.2, 0) is 17.9 Å². The highest BCUT2D eigenvalue weighted by Gasteiger charge is 2.36. The molecule has 1 aromatic carbocycles. The molecule has 126 valence electrons. The van der Waals surface area contributed by atoms with Crippen LogP contribution in [0.25, 0.3) is 11.1 Å². The highest BCUT2D eigenvalue weighted by atomic mass is 16.6. The minimum atomic E-state index is -0.607. The van der Waals surface area contributed by atoms with Crippen molar-refractivity contribution < 1.29 is 14.8 Å². The van der Waals surface area contributed by atoms with Gasteiger partial charge in [0.2, 0.25) is 0 Å². The second-order valence-electron chi connectivity index (χ2n) is 5.85. The number of aldehydes is 1. The molecule has 1 unspecified atom stereocenters. The fourth-order valence-electron chi connectivity index (χ4n) is 3.18. The van der Waals surface area contributed by atoms with E-state index < -0.39 is 11.0 Å². The van der Waals surface area contributed by atoms with Crippen molar-refractivity contribution in [2.24, 2.45) is 0 Å². The van der Waals surface area contributed by atoms with Crippen LogP contribution < -0.4 is 0 Å². The average molecular weight is 330 g/mol. The molecular weight excluding hydrogens is 312 g/mol. The molecule has 24 heavy (non-hydrogen) atoms. The van der Waals surface area contributed by atoms with E-state index in [0.717, 1.165) is 23.0 Å². The molecule has 0 saturated heterocycles. The SMILES string of the molecule is CN1Cc2c(-c3cnn(CCCO)c3)ccc([N+](=O)[O-])c2C1C=O. The Morgan fingerprint density at radius 3 is 2.96 bits per heavy atom. The number of aliphatic hydroxyl groups excluding tert-OH is 1. The van der Waals surface area contributed by atoms with Gasteiger partial charge in [0.15, 0.2) is 0 Å². The summed E-state index contributed by atoms with van der Waals surface area (Å²) in [4.78, 5) is 24.1. The lowest BCUT2D eigenvalue weighted by Gasteiger charge is -2.12. The Balaban J connectivity index is 2.08. The third kappa shape index (κ3) is 2.70. The number of nitro benzene ring substituents is 1. The molecule has 1 atom stereocenters. The van der Waals surface area contributed by atoms with Crippen molar-refractivity contribution in [1.29, 1.82) is 0 Å². The van der Waals surface area contributed by atoms with E-state index in [0.29, 0.717) is 25.1 Å². The molecule has 2 heterocycles. The maximum absolute atomic E-state index is 11.4. The minimum absolute atomic E-state index is 0.0251. The molecule has 0 fully saturated rings. The van der Waals surface area contributed by atoms with E-state index >= 15 is 0 Å². The molecule has 1 aliphatic rings. The van der Waals surface area contributed by atoms with Gasteiger partial charge < -0.3 is 9.90 Å². The third-order valence-electron chi connectivity index (χ3n) is 4.33. The predicted molar refractivity (Wildman–Crippen MR) is 86.3 cm³/mol. The molecule has 2 aromatic rings. The Hall–Kier alpha value is -2.58. The van der Waals surface area contributed by atoms with Gasteiger partial charge >= 0.3 is 0 Å². The molecule has 3 rings (SSSR count). The Bertz CT molecular complexity index is 786. The standard InChI is InChI=1S/C16H18N4O4/c1-18-9-13-12(11-7-17-19(8-11)5-2-6-21)3-4-14(20(23)24)16(13)15(18)10-22/h3-4,7-8,10,15,21H,2,5-6,9H2,1H3. The van der Waals surface area contributed by atoms with Crippen LogP contribution in [0.15, 0.2) is 24.5 Å². The van der Waals surface area contributed by atoms with Crippen molar-refractivity contribution in [2.45, 2.75) is 25.6 Å². The summed E-state index contributed by atoms with van der Waals surface area (Å²) >= 11 is 0. The van der Waals surface area contributed by atoms with Gasteiger partial charge in [0.1, 0.15) is 6.29 Å². The zero-order chi connectivity index (χ0) is 17.3. The molecule has 1 aromatic heterocycles. The van der Waals surface area contributed by atoms with Crippen molar-refractivity contribution in [1.82, 2.24) is 14.7 Å². The van der Waals surface area contributed by atoms with Gasteiger partial charge in [-0.15, -0.1) is 0 Å². The summed E-state index contributed by atoms with van der Waals surface area (Å²) in [5.74, 6) is 0. The number of aromatic nitrogens is 2. The van der Waals surface area contributed by atoms with Crippen LogP contribution in [0, 0.1) is 10.1 Å². The zero-order valence-corrected chi connectivity index (χ0v) is 13.3. The van der Waals surface area contributed by atoms with Crippen LogP contribution in [0.3, 0.4) is 0 Å². The number of rotatable bonds is 6. The van der Waals surface area contributed by atoms with Gasteiger partial charge in [-0.05, 0) is 30.7 Å². The highest BCUT2D eigenvalue weighted by Crippen LogP contribution is 2.42. The van der Waals surface area contributed by atoms with E-state index in [4.69, 9.17) is 5.11 Å². The second-order valence-corrected chi connectivity index (χ2v) is 5.85. The van der Waals surface area contributed by atoms with E-state index in [2.05, 4.69) is 5.10 Å². The number of carbonyl (C=O) groups excluding carboxylic acids is 1. The number of nitro groups is 1. The van der Waals surface area contributed by atoms with Crippen LogP contribution in [0.2, 0.25) is 0 Å². The van der Waals surface area contributed by atoms with Crippen LogP contribution in [0.4, 0.5) is 5.69 Å². The smallest absolute Gasteiger partial charge is 0.274 e. The van der Waals surface area contributed by atoms with Crippen LogP contribution in [0.1, 0.15) is 23.6 Å². The molecule has 0 aliphatic carbocycles. The van der Waals surface area contributed by atoms with Crippen LogP contribution in [-0.4, -0.2) is 44.7 Å². The molecule has 0 radical (unpaired) electrons. The lowest BCUT2D eigenvalue weighted by Crippen LogP contribution is -2.17. The van der Waals surface area contributed by atoms with Gasteiger partial charge in [-0.1, -0.05) is 0 Å². The van der Waals surface area contributed by atoms with Crippen molar-refractivity contribution in [2.75, 3.05) is 13.7 Å². The van der Waals surface area contributed by atoms with Crippen LogP contribution >= 0.6 is 0 Å². The normalized spacial score (nSPS) is 17.0. The number of nitrogens with zero attached hydrogens (tertiary/aromatic N) is 4. The molecular formula is C16H18N4O4. The molecule has 0 saturated carbocycles. The first-order valence-corrected chi connectivity index (χ1v) is 7.66. The quantitative estimate of drug-likeness (QED) is 0.489. The fourth-order valence-corrected chi connectivity index (χ4v) is 3.18. The molecule has 1 aliphatic heterocycles. The number of hydrogen-bond acceptors (Lipinski definition) is 6. The number of aliphatic hydroxyl groups is 1. The van der Waals surface area contributed by atoms with Gasteiger partial charge in [0.25, 0.3) is 5.69 Å². The summed E-state index contributed by atoms with van der Waals surface area (Å²) in [6.45, 7) is 1.16. The highest BCUT2D eigenvalue weighted by molar-refractivity contribution is 5.77. The number of hydrogen-bond donors (Lipinski definition) is 1. The number of likely N-dealkylation sites (N-methyl/N-ethyl adjacent to an activating group) is 1. The number of benzene rings is 1. The van der Waals surface area contributed by atoms with Gasteiger partial charge in [-0.25, -0.2) is 0 Å². The Kier molecular flexibility index (Phi) is 4.41. The summed E-state index contributed by atoms with van der Waals surface area (Å²) in [6.07, 6.45) is 4.90. The lowest BCUT2D eigenvalue weighted by molar-refractivity contribution is -0.385. The maximum atomic E-state index is 11.4. The topological polar surface area (TPSA) is 102 Å². The fraction of sp³-hybridized carbons (Fsp3) is 0.375. The van der Waals surface area contributed by atoms with Crippen molar-refractivity contribution in [3.63, 3.8) is 0 Å². The van der Waals surface area contributed by atoms with E-state index in [1.54, 1.807) is 28.9 Å². The van der Waals surface area contributed by atoms with E-state index in [-0.39, 0.29) is 12.3 Å². The largest absolute Gasteiger partial charge is 0.396 e. The number of fused-ring (bicyclic) bond motifs is 1. The van der Waals surface area contributed by atoms with Gasteiger partial charge in [-0.2, -0.15) is 5.10 Å². The van der Waals surface area contributed by atoms with Crippen molar-refractivity contribution in [3.05, 3.63) is 45.8 Å². The first kappa shape index (κ1) is 16.3. The van der Waals surface area contributed by atoms with Crippen LogP contribution in [0.5, 0.6) is 0 Å². The average Bonchev–Trinajstić information content (AvgIpc) is 3.15. The Morgan fingerprint density at radius 1 is 1.50 bits per heavy atom. The number of aryl methyl sites for hydroxylation is 1. The monoisotopic (exact) mass is 330 g/mol. The number of carbonyl (C=O) groups is 1. The van der Waals surface area contributed by atoms with Gasteiger partial charge in [-0.3, -0.25) is 19.7 Å². The summed E-state index contributed by atoms with van der Waals surface area (Å²) < 4.78 is 1.73. The Morgan fingerprint density at radius 2 is 2.29 bits per heavy atom. The molecule has 0 spiro atoms. The zero-order valence-electron chi connectivity index (χ0n) is 13.3. The van der Waals surface area contributed by atoms with Gasteiger partial charge in [0.05, 0.1) is 22.7 Å². The minimum Gasteiger partial charge on any atom is -0.396 e. The predicted octanol–water partition coefficient (Wildman–Crippen LogP) is 1.53. The second kappa shape index (κ2) is 6.50.